The van der Waals surface area contributed by atoms with E-state index < -0.39 is 22.5 Å². The highest BCUT2D eigenvalue weighted by molar-refractivity contribution is 7.92. The molecule has 0 unspecified atom stereocenters. The number of methoxy groups -OCH3 is 2. The van der Waals surface area contributed by atoms with Crippen LogP contribution in [0.5, 0.6) is 11.5 Å². The zero-order valence-corrected chi connectivity index (χ0v) is 20.2. The van der Waals surface area contributed by atoms with E-state index in [0.717, 1.165) is 21.8 Å². The number of hydrogen-bond acceptors (Lipinski definition) is 6. The monoisotopic (exact) mass is 461 g/mol. The van der Waals surface area contributed by atoms with E-state index in [2.05, 4.69) is 36.5 Å². The number of benzene rings is 2. The van der Waals surface area contributed by atoms with Crippen molar-refractivity contribution in [1.29, 1.82) is 0 Å². The summed E-state index contributed by atoms with van der Waals surface area (Å²) in [4.78, 5) is 12.5. The smallest absolute Gasteiger partial charge is 0.260 e. The Morgan fingerprint density at radius 3 is 2.31 bits per heavy atom. The topological polar surface area (TPSA) is 97.3 Å². The number of hydrogen-bond donors (Lipinski definition) is 1. The zero-order chi connectivity index (χ0) is 23.9. The molecule has 0 saturated heterocycles. The number of rotatable bonds is 10. The molecular formula is C23H31N3O5S. The minimum Gasteiger partial charge on any atom is -0.497 e. The number of sulfonamides is 1. The summed E-state index contributed by atoms with van der Waals surface area (Å²) in [5.41, 5.74) is 4.41. The van der Waals surface area contributed by atoms with Crippen LogP contribution in [-0.2, 0) is 20.2 Å². The molecule has 2 aromatic rings. The van der Waals surface area contributed by atoms with Crippen molar-refractivity contribution in [3.8, 4) is 11.5 Å². The van der Waals surface area contributed by atoms with E-state index in [9.17, 15) is 13.2 Å². The first-order chi connectivity index (χ1) is 15.0. The second-order valence-electron chi connectivity index (χ2n) is 8.12. The molecule has 9 heteroatoms. The van der Waals surface area contributed by atoms with E-state index in [1.54, 1.807) is 12.1 Å². The molecule has 0 aromatic heterocycles. The summed E-state index contributed by atoms with van der Waals surface area (Å²) in [6.07, 6.45) is 1.65. The van der Waals surface area contributed by atoms with E-state index in [-0.39, 0.29) is 16.9 Å². The Morgan fingerprint density at radius 1 is 1.09 bits per heavy atom. The molecule has 0 fully saturated rings. The van der Waals surface area contributed by atoms with E-state index in [1.165, 1.54) is 20.3 Å². The predicted molar refractivity (Wildman–Crippen MR) is 127 cm³/mol. The third-order valence-electron chi connectivity index (χ3n) is 4.97. The van der Waals surface area contributed by atoms with Gasteiger partial charge in [-0.3, -0.25) is 9.10 Å². The van der Waals surface area contributed by atoms with Gasteiger partial charge in [0.05, 0.1) is 26.2 Å². The molecule has 8 nitrogen and oxygen atoms in total. The Kier molecular flexibility index (Phi) is 8.26. The summed E-state index contributed by atoms with van der Waals surface area (Å²) >= 11 is 0. The van der Waals surface area contributed by atoms with Gasteiger partial charge in [0.25, 0.3) is 5.91 Å². The quantitative estimate of drug-likeness (QED) is 0.432. The molecule has 2 aromatic carbocycles. The minimum absolute atomic E-state index is 0.172. The standard InChI is InChI=1S/C23H31N3O5S/c1-17(15-23(2,3)18-10-8-7-9-11-18)24-25-22(27)16-26(32(6,28)29)20-13-12-19(30-4)14-21(20)31-5/h7-14H,15-16H2,1-6H3,(H,25,27)/b24-17-. The number of nitrogens with one attached hydrogen (secondary N) is 1. The first-order valence-electron chi connectivity index (χ1n) is 10.0. The lowest BCUT2D eigenvalue weighted by atomic mass is 9.80. The van der Waals surface area contributed by atoms with Gasteiger partial charge in [0, 0.05) is 11.8 Å². The summed E-state index contributed by atoms with van der Waals surface area (Å²) in [6, 6.07) is 14.7. The van der Waals surface area contributed by atoms with Crippen molar-refractivity contribution in [2.75, 3.05) is 31.3 Å². The van der Waals surface area contributed by atoms with Crippen LogP contribution < -0.4 is 19.2 Å². The molecule has 0 aliphatic heterocycles. The third-order valence-corrected chi connectivity index (χ3v) is 6.09. The fourth-order valence-electron chi connectivity index (χ4n) is 3.37. The fraction of sp³-hybridized carbons (Fsp3) is 0.391. The van der Waals surface area contributed by atoms with Crippen LogP contribution in [0, 0.1) is 0 Å². The number of carbonyl (C=O) groups is 1. The number of amides is 1. The third kappa shape index (κ3) is 6.71. The Balaban J connectivity index is 2.15. The number of carbonyl (C=O) groups excluding carboxylic acids is 1. The van der Waals surface area contributed by atoms with Crippen LogP contribution in [0.15, 0.2) is 53.6 Å². The van der Waals surface area contributed by atoms with Crippen LogP contribution in [0.3, 0.4) is 0 Å². The summed E-state index contributed by atoms with van der Waals surface area (Å²) < 4.78 is 36.2. The van der Waals surface area contributed by atoms with E-state index in [1.807, 2.05) is 25.1 Å². The summed E-state index contributed by atoms with van der Waals surface area (Å²) in [7, 11) is -0.852. The average Bonchev–Trinajstić information content (AvgIpc) is 2.75. The zero-order valence-electron chi connectivity index (χ0n) is 19.4. The van der Waals surface area contributed by atoms with Crippen molar-refractivity contribution in [3.05, 3.63) is 54.1 Å². The van der Waals surface area contributed by atoms with Gasteiger partial charge in [-0.1, -0.05) is 44.2 Å². The van der Waals surface area contributed by atoms with Crippen molar-refractivity contribution in [2.45, 2.75) is 32.6 Å². The van der Waals surface area contributed by atoms with Crippen LogP contribution in [0.2, 0.25) is 0 Å². The summed E-state index contributed by atoms with van der Waals surface area (Å²) in [6.45, 7) is 5.58. The van der Waals surface area contributed by atoms with Crippen molar-refractivity contribution >= 4 is 27.3 Å². The molecule has 0 saturated carbocycles. The molecular weight excluding hydrogens is 430 g/mol. The average molecular weight is 462 g/mol. The van der Waals surface area contributed by atoms with Crippen LogP contribution in [-0.4, -0.2) is 47.1 Å². The molecule has 1 amide bonds. The van der Waals surface area contributed by atoms with Gasteiger partial charge in [-0.15, -0.1) is 0 Å². The van der Waals surface area contributed by atoms with Crippen LogP contribution in [0.25, 0.3) is 0 Å². The molecule has 0 bridgehead atoms. The van der Waals surface area contributed by atoms with Gasteiger partial charge < -0.3 is 9.47 Å². The summed E-state index contributed by atoms with van der Waals surface area (Å²) in [5, 5.41) is 4.18. The Bertz CT molecular complexity index is 1070. The summed E-state index contributed by atoms with van der Waals surface area (Å²) in [5.74, 6) is 0.210. The Hall–Kier alpha value is -3.07. The molecule has 0 radical (unpaired) electrons. The van der Waals surface area contributed by atoms with E-state index in [4.69, 9.17) is 9.47 Å². The molecule has 0 heterocycles. The van der Waals surface area contributed by atoms with E-state index >= 15 is 0 Å². The van der Waals surface area contributed by atoms with E-state index in [0.29, 0.717) is 12.2 Å². The highest BCUT2D eigenvalue weighted by atomic mass is 32.2. The lowest BCUT2D eigenvalue weighted by Gasteiger charge is -2.25. The molecule has 0 spiro atoms. The second kappa shape index (κ2) is 10.5. The molecule has 2 rings (SSSR count). The van der Waals surface area contributed by atoms with Gasteiger partial charge in [-0.2, -0.15) is 5.10 Å². The Morgan fingerprint density at radius 2 is 1.75 bits per heavy atom. The van der Waals surface area contributed by atoms with Gasteiger partial charge in [0.1, 0.15) is 18.0 Å². The van der Waals surface area contributed by atoms with Crippen LogP contribution in [0.4, 0.5) is 5.69 Å². The SMILES string of the molecule is COc1ccc(N(CC(=O)N/N=C(/C)CC(C)(C)c2ccccc2)S(C)(=O)=O)c(OC)c1. The maximum Gasteiger partial charge on any atom is 0.260 e. The molecule has 0 aliphatic carbocycles. The molecule has 174 valence electrons. The number of anilines is 1. The minimum atomic E-state index is -3.77. The van der Waals surface area contributed by atoms with Crippen LogP contribution in [0.1, 0.15) is 32.8 Å². The van der Waals surface area contributed by atoms with Crippen LogP contribution >= 0.6 is 0 Å². The highest BCUT2D eigenvalue weighted by Gasteiger charge is 2.25. The maximum atomic E-state index is 12.5. The van der Waals surface area contributed by atoms with Crippen molar-refractivity contribution in [2.24, 2.45) is 5.10 Å². The van der Waals surface area contributed by atoms with Gasteiger partial charge in [-0.05, 0) is 36.5 Å². The van der Waals surface area contributed by atoms with Gasteiger partial charge >= 0.3 is 0 Å². The molecule has 32 heavy (non-hydrogen) atoms. The highest BCUT2D eigenvalue weighted by Crippen LogP contribution is 2.33. The largest absolute Gasteiger partial charge is 0.497 e. The number of nitrogens with zero attached hydrogens (tertiary/aromatic N) is 2. The number of ether oxygens (including phenoxy) is 2. The van der Waals surface area contributed by atoms with Gasteiger partial charge in [0.2, 0.25) is 10.0 Å². The predicted octanol–water partition coefficient (Wildman–Crippen LogP) is 3.33. The van der Waals surface area contributed by atoms with Crippen molar-refractivity contribution in [1.82, 2.24) is 5.43 Å². The van der Waals surface area contributed by atoms with Crippen molar-refractivity contribution < 1.29 is 22.7 Å². The molecule has 0 atom stereocenters. The van der Waals surface area contributed by atoms with Gasteiger partial charge in [0.15, 0.2) is 0 Å². The first-order valence-corrected chi connectivity index (χ1v) is 11.9. The fourth-order valence-corrected chi connectivity index (χ4v) is 4.23. The van der Waals surface area contributed by atoms with Crippen molar-refractivity contribution in [3.63, 3.8) is 0 Å². The first kappa shape index (κ1) is 25.2. The van der Waals surface area contributed by atoms with Gasteiger partial charge in [-0.25, -0.2) is 13.8 Å². The lowest BCUT2D eigenvalue weighted by molar-refractivity contribution is -0.119. The normalized spacial score (nSPS) is 12.2. The Labute approximate surface area is 190 Å². The maximum absolute atomic E-state index is 12.5. The lowest BCUT2D eigenvalue weighted by Crippen LogP contribution is -2.39. The number of hydrazone groups is 1. The molecule has 1 N–H and O–H groups in total. The second-order valence-corrected chi connectivity index (χ2v) is 10.0. The molecule has 0 aliphatic rings.